The Morgan fingerprint density at radius 1 is 1.53 bits per heavy atom. The summed E-state index contributed by atoms with van der Waals surface area (Å²) in [5.74, 6) is 0. The quantitative estimate of drug-likeness (QED) is 0.707. The van der Waals surface area contributed by atoms with Crippen LogP contribution in [0.3, 0.4) is 0 Å². The fraction of sp³-hybridized carbons (Fsp3) is 0.727. The molecule has 0 aromatic carbocycles. The number of hydrogen-bond acceptors (Lipinski definition) is 3. The highest BCUT2D eigenvalue weighted by molar-refractivity contribution is 4.82. The van der Waals surface area contributed by atoms with Gasteiger partial charge in [0.05, 0.1) is 19.5 Å². The van der Waals surface area contributed by atoms with Gasteiger partial charge in [-0.25, -0.2) is 4.98 Å². The molecule has 0 unspecified atom stereocenters. The van der Waals surface area contributed by atoms with Gasteiger partial charge in [0.1, 0.15) is 0 Å². The van der Waals surface area contributed by atoms with Crippen molar-refractivity contribution in [3.63, 3.8) is 0 Å². The van der Waals surface area contributed by atoms with E-state index in [0.29, 0.717) is 5.41 Å². The standard InChI is InChI=1S/C11H19N3O/c1-11(8-15-9-11)7-12-3-2-5-14-6-4-13-10-14/h4,6,10,12H,2-3,5,7-9H2,1H3. The fourth-order valence-electron chi connectivity index (χ4n) is 1.75. The zero-order valence-electron chi connectivity index (χ0n) is 9.28. The molecule has 2 rings (SSSR count). The number of nitrogens with one attached hydrogen (secondary N) is 1. The minimum atomic E-state index is 0.384. The highest BCUT2D eigenvalue weighted by Crippen LogP contribution is 2.24. The van der Waals surface area contributed by atoms with Crippen LogP contribution < -0.4 is 5.32 Å². The summed E-state index contributed by atoms with van der Waals surface area (Å²) in [5, 5.41) is 3.48. The molecule has 4 heteroatoms. The van der Waals surface area contributed by atoms with Crippen molar-refractivity contribution in [3.05, 3.63) is 18.7 Å². The second-order valence-corrected chi connectivity index (χ2v) is 4.63. The van der Waals surface area contributed by atoms with Gasteiger partial charge in [-0.1, -0.05) is 6.92 Å². The van der Waals surface area contributed by atoms with Crippen LogP contribution in [-0.4, -0.2) is 35.9 Å². The Kier molecular flexibility index (Phi) is 3.38. The lowest BCUT2D eigenvalue weighted by Gasteiger charge is -2.38. The molecular weight excluding hydrogens is 190 g/mol. The number of aromatic nitrogens is 2. The molecule has 0 aliphatic carbocycles. The molecule has 4 nitrogen and oxygen atoms in total. The van der Waals surface area contributed by atoms with Gasteiger partial charge in [0.15, 0.2) is 0 Å². The van der Waals surface area contributed by atoms with Crippen LogP contribution in [0.25, 0.3) is 0 Å². The van der Waals surface area contributed by atoms with E-state index in [-0.39, 0.29) is 0 Å². The van der Waals surface area contributed by atoms with Crippen molar-refractivity contribution >= 4 is 0 Å². The number of imidazole rings is 1. The van der Waals surface area contributed by atoms with Crippen LogP contribution in [0, 0.1) is 5.41 Å². The van der Waals surface area contributed by atoms with Crippen molar-refractivity contribution in [1.29, 1.82) is 0 Å². The van der Waals surface area contributed by atoms with Gasteiger partial charge in [0, 0.05) is 30.9 Å². The number of nitrogens with zero attached hydrogens (tertiary/aromatic N) is 2. The first-order valence-electron chi connectivity index (χ1n) is 5.53. The van der Waals surface area contributed by atoms with E-state index in [1.807, 2.05) is 18.7 Å². The van der Waals surface area contributed by atoms with Gasteiger partial charge >= 0.3 is 0 Å². The second-order valence-electron chi connectivity index (χ2n) is 4.63. The van der Waals surface area contributed by atoms with Crippen LogP contribution in [0.4, 0.5) is 0 Å². The summed E-state index contributed by atoms with van der Waals surface area (Å²) in [6.07, 6.45) is 6.83. The predicted octanol–water partition coefficient (Wildman–Crippen LogP) is 0.899. The zero-order valence-corrected chi connectivity index (χ0v) is 9.28. The molecule has 1 fully saturated rings. The zero-order chi connectivity index (χ0) is 10.6. The average molecular weight is 209 g/mol. The van der Waals surface area contributed by atoms with E-state index in [4.69, 9.17) is 4.74 Å². The van der Waals surface area contributed by atoms with E-state index in [0.717, 1.165) is 39.3 Å². The average Bonchev–Trinajstić information content (AvgIpc) is 2.67. The predicted molar refractivity (Wildman–Crippen MR) is 58.6 cm³/mol. The van der Waals surface area contributed by atoms with Crippen molar-refractivity contribution in [2.45, 2.75) is 19.9 Å². The topological polar surface area (TPSA) is 39.1 Å². The minimum absolute atomic E-state index is 0.384. The molecule has 2 heterocycles. The van der Waals surface area contributed by atoms with Crippen molar-refractivity contribution in [2.24, 2.45) is 5.41 Å². The maximum absolute atomic E-state index is 5.20. The lowest BCUT2D eigenvalue weighted by molar-refractivity contribution is -0.0989. The van der Waals surface area contributed by atoms with Gasteiger partial charge in [-0.15, -0.1) is 0 Å². The lowest BCUT2D eigenvalue weighted by atomic mass is 9.89. The maximum Gasteiger partial charge on any atom is 0.0945 e. The molecule has 15 heavy (non-hydrogen) atoms. The molecule has 1 N–H and O–H groups in total. The second kappa shape index (κ2) is 4.77. The van der Waals surface area contributed by atoms with E-state index in [1.165, 1.54) is 0 Å². The Hall–Kier alpha value is -0.870. The number of ether oxygens (including phenoxy) is 1. The summed E-state index contributed by atoms with van der Waals surface area (Å²) in [7, 11) is 0. The van der Waals surface area contributed by atoms with E-state index in [9.17, 15) is 0 Å². The molecule has 1 aromatic heterocycles. The molecule has 0 bridgehead atoms. The molecule has 0 radical (unpaired) electrons. The Morgan fingerprint density at radius 3 is 3.00 bits per heavy atom. The normalized spacial score (nSPS) is 18.7. The molecule has 0 saturated carbocycles. The molecule has 1 aliphatic rings. The van der Waals surface area contributed by atoms with Gasteiger partial charge in [0.25, 0.3) is 0 Å². The van der Waals surface area contributed by atoms with E-state index < -0.39 is 0 Å². The molecule has 0 atom stereocenters. The minimum Gasteiger partial charge on any atom is -0.380 e. The molecule has 1 saturated heterocycles. The summed E-state index contributed by atoms with van der Waals surface area (Å²) in [6.45, 7) is 7.24. The SMILES string of the molecule is CC1(CNCCCn2ccnc2)COC1. The van der Waals surface area contributed by atoms with Crippen LogP contribution in [-0.2, 0) is 11.3 Å². The third kappa shape index (κ3) is 3.04. The van der Waals surface area contributed by atoms with E-state index >= 15 is 0 Å². The molecule has 84 valence electrons. The van der Waals surface area contributed by atoms with Crippen molar-refractivity contribution in [1.82, 2.24) is 14.9 Å². The molecule has 0 amide bonds. The first-order valence-corrected chi connectivity index (χ1v) is 5.53. The number of hydrogen-bond donors (Lipinski definition) is 1. The van der Waals surface area contributed by atoms with Gasteiger partial charge in [-0.2, -0.15) is 0 Å². The van der Waals surface area contributed by atoms with Crippen LogP contribution in [0.5, 0.6) is 0 Å². The van der Waals surface area contributed by atoms with Gasteiger partial charge < -0.3 is 14.6 Å². The third-order valence-electron chi connectivity index (χ3n) is 2.78. The van der Waals surface area contributed by atoms with Crippen LogP contribution in [0.15, 0.2) is 18.7 Å². The molecule has 1 aliphatic heterocycles. The van der Waals surface area contributed by atoms with Gasteiger partial charge in [-0.05, 0) is 13.0 Å². The Labute approximate surface area is 90.6 Å². The van der Waals surface area contributed by atoms with Crippen LogP contribution in [0.2, 0.25) is 0 Å². The molecule has 0 spiro atoms. The number of aryl methyl sites for hydroxylation is 1. The Bertz CT molecular complexity index is 280. The maximum atomic E-state index is 5.20. The Morgan fingerprint density at radius 2 is 2.40 bits per heavy atom. The Balaban J connectivity index is 1.52. The monoisotopic (exact) mass is 209 g/mol. The summed E-state index contributed by atoms with van der Waals surface area (Å²) in [5.41, 5.74) is 0.384. The van der Waals surface area contributed by atoms with E-state index in [1.54, 1.807) is 0 Å². The molecular formula is C11H19N3O. The third-order valence-corrected chi connectivity index (χ3v) is 2.78. The molecule has 1 aromatic rings. The van der Waals surface area contributed by atoms with E-state index in [2.05, 4.69) is 21.8 Å². The van der Waals surface area contributed by atoms with Crippen molar-refractivity contribution in [3.8, 4) is 0 Å². The van der Waals surface area contributed by atoms with Crippen LogP contribution >= 0.6 is 0 Å². The highest BCUT2D eigenvalue weighted by atomic mass is 16.5. The summed E-state index contributed by atoms with van der Waals surface area (Å²) >= 11 is 0. The summed E-state index contributed by atoms with van der Waals surface area (Å²) in [6, 6.07) is 0. The first kappa shape index (κ1) is 10.6. The fourth-order valence-corrected chi connectivity index (χ4v) is 1.75. The van der Waals surface area contributed by atoms with Crippen molar-refractivity contribution < 1.29 is 4.74 Å². The first-order chi connectivity index (χ1) is 7.29. The van der Waals surface area contributed by atoms with Gasteiger partial charge in [0.2, 0.25) is 0 Å². The highest BCUT2D eigenvalue weighted by Gasteiger charge is 2.32. The van der Waals surface area contributed by atoms with Crippen molar-refractivity contribution in [2.75, 3.05) is 26.3 Å². The lowest BCUT2D eigenvalue weighted by Crippen LogP contribution is -2.47. The largest absolute Gasteiger partial charge is 0.380 e. The number of rotatable bonds is 6. The summed E-state index contributed by atoms with van der Waals surface area (Å²) < 4.78 is 7.31. The smallest absolute Gasteiger partial charge is 0.0945 e. The van der Waals surface area contributed by atoms with Crippen LogP contribution in [0.1, 0.15) is 13.3 Å². The van der Waals surface area contributed by atoms with Gasteiger partial charge in [-0.3, -0.25) is 0 Å². The summed E-state index contributed by atoms with van der Waals surface area (Å²) in [4.78, 5) is 4.01.